The molecule has 0 saturated carbocycles. The van der Waals surface area contributed by atoms with Crippen molar-refractivity contribution in [1.29, 1.82) is 0 Å². The highest BCUT2D eigenvalue weighted by atomic mass is 32.2. The number of rotatable bonds is 7. The minimum Gasteiger partial charge on any atom is -0.385 e. The van der Waals surface area contributed by atoms with Gasteiger partial charge in [0.25, 0.3) is 5.91 Å². The molecular formula is C24H27N3O2S. The first kappa shape index (κ1) is 20.7. The first-order valence-electron chi connectivity index (χ1n) is 10.4. The summed E-state index contributed by atoms with van der Waals surface area (Å²) >= 11 is 1.44. The molecule has 0 unspecified atom stereocenters. The van der Waals surface area contributed by atoms with Gasteiger partial charge in [0.15, 0.2) is 5.17 Å². The standard InChI is InChI=1S/C24H27N3O2S/c1-29-17-7-16-27-23(28)22(30-24(27)25-20-8-3-2-4-9-20)18-19-10-12-21(13-11-19)26-14-5-6-15-26/h2-4,8-13,18H,5-7,14-17H2,1H3/b22-18-,25-24?. The SMILES string of the molecule is COCCCN1C(=O)/C(=C/c2ccc(N3CCCC3)cc2)SC1=Nc1ccccc1. The summed E-state index contributed by atoms with van der Waals surface area (Å²) < 4.78 is 5.16. The summed E-state index contributed by atoms with van der Waals surface area (Å²) in [5.74, 6) is 0.00871. The van der Waals surface area contributed by atoms with E-state index in [4.69, 9.17) is 9.73 Å². The van der Waals surface area contributed by atoms with Crippen molar-refractivity contribution in [2.45, 2.75) is 19.3 Å². The van der Waals surface area contributed by atoms with Gasteiger partial charge in [-0.15, -0.1) is 0 Å². The first-order chi connectivity index (χ1) is 14.7. The highest BCUT2D eigenvalue weighted by Gasteiger charge is 2.33. The molecule has 0 N–H and O–H groups in total. The highest BCUT2D eigenvalue weighted by molar-refractivity contribution is 8.18. The van der Waals surface area contributed by atoms with Crippen LogP contribution in [0.3, 0.4) is 0 Å². The highest BCUT2D eigenvalue weighted by Crippen LogP contribution is 2.34. The quantitative estimate of drug-likeness (QED) is 0.470. The summed E-state index contributed by atoms with van der Waals surface area (Å²) in [6, 6.07) is 18.3. The van der Waals surface area contributed by atoms with Crippen LogP contribution in [0.2, 0.25) is 0 Å². The summed E-state index contributed by atoms with van der Waals surface area (Å²) in [6.07, 6.45) is 5.27. The van der Waals surface area contributed by atoms with Gasteiger partial charge in [-0.3, -0.25) is 9.69 Å². The lowest BCUT2D eigenvalue weighted by molar-refractivity contribution is -0.122. The molecule has 6 heteroatoms. The minimum absolute atomic E-state index is 0.00871. The van der Waals surface area contributed by atoms with Crippen LogP contribution in [-0.4, -0.2) is 49.3 Å². The monoisotopic (exact) mass is 421 g/mol. The van der Waals surface area contributed by atoms with Crippen LogP contribution in [0.1, 0.15) is 24.8 Å². The Bertz CT molecular complexity index is 919. The molecule has 1 amide bonds. The average molecular weight is 422 g/mol. The van der Waals surface area contributed by atoms with E-state index in [1.54, 1.807) is 12.0 Å². The number of nitrogens with zero attached hydrogens (tertiary/aromatic N) is 3. The van der Waals surface area contributed by atoms with Gasteiger partial charge in [0.05, 0.1) is 10.6 Å². The molecule has 2 saturated heterocycles. The number of methoxy groups -OCH3 is 1. The Kier molecular flexibility index (Phi) is 6.87. The van der Waals surface area contributed by atoms with E-state index >= 15 is 0 Å². The van der Waals surface area contributed by atoms with E-state index in [0.29, 0.717) is 18.1 Å². The van der Waals surface area contributed by atoms with Gasteiger partial charge in [0, 0.05) is 39.0 Å². The fraction of sp³-hybridized carbons (Fsp3) is 0.333. The van der Waals surface area contributed by atoms with Crippen LogP contribution in [0.25, 0.3) is 6.08 Å². The second kappa shape index (κ2) is 9.96. The minimum atomic E-state index is 0.00871. The van der Waals surface area contributed by atoms with Crippen molar-refractivity contribution in [1.82, 2.24) is 4.90 Å². The van der Waals surface area contributed by atoms with Crippen molar-refractivity contribution in [3.05, 3.63) is 65.1 Å². The second-order valence-electron chi connectivity index (χ2n) is 7.43. The molecule has 0 atom stereocenters. The summed E-state index contributed by atoms with van der Waals surface area (Å²) in [6.45, 7) is 3.47. The van der Waals surface area contributed by atoms with Crippen LogP contribution in [0.4, 0.5) is 11.4 Å². The maximum atomic E-state index is 13.1. The molecule has 0 bridgehead atoms. The van der Waals surface area contributed by atoms with E-state index < -0.39 is 0 Å². The lowest BCUT2D eigenvalue weighted by Crippen LogP contribution is -2.30. The average Bonchev–Trinajstić information content (AvgIpc) is 3.40. The number of anilines is 1. The third kappa shape index (κ3) is 4.94. The molecule has 2 aliphatic rings. The van der Waals surface area contributed by atoms with Gasteiger partial charge in [-0.25, -0.2) is 4.99 Å². The Hall–Kier alpha value is -2.57. The number of hydrogen-bond acceptors (Lipinski definition) is 5. The zero-order valence-electron chi connectivity index (χ0n) is 17.3. The number of carbonyl (C=O) groups is 1. The number of hydrogen-bond donors (Lipinski definition) is 0. The van der Waals surface area contributed by atoms with Crippen LogP contribution in [0.5, 0.6) is 0 Å². The molecule has 156 valence electrons. The summed E-state index contributed by atoms with van der Waals surface area (Å²) in [7, 11) is 1.68. The Balaban J connectivity index is 1.55. The van der Waals surface area contributed by atoms with Crippen molar-refractivity contribution in [3.63, 3.8) is 0 Å². The molecule has 4 rings (SSSR count). The van der Waals surface area contributed by atoms with E-state index in [1.807, 2.05) is 36.4 Å². The van der Waals surface area contributed by atoms with Crippen LogP contribution in [0, 0.1) is 0 Å². The lowest BCUT2D eigenvalue weighted by Gasteiger charge is -2.17. The molecule has 2 aliphatic heterocycles. The van der Waals surface area contributed by atoms with E-state index in [1.165, 1.54) is 30.3 Å². The number of benzene rings is 2. The van der Waals surface area contributed by atoms with E-state index in [2.05, 4.69) is 29.2 Å². The van der Waals surface area contributed by atoms with Crippen molar-refractivity contribution in [2.24, 2.45) is 4.99 Å². The number of para-hydroxylation sites is 1. The maximum absolute atomic E-state index is 13.1. The Labute approximate surface area is 182 Å². The number of aliphatic imine (C=N–C) groups is 1. The van der Waals surface area contributed by atoms with Gasteiger partial charge >= 0.3 is 0 Å². The van der Waals surface area contributed by atoms with Gasteiger partial charge < -0.3 is 9.64 Å². The molecule has 2 heterocycles. The topological polar surface area (TPSA) is 45.1 Å². The number of amides is 1. The van der Waals surface area contributed by atoms with Crippen LogP contribution >= 0.6 is 11.8 Å². The number of amidine groups is 1. The summed E-state index contributed by atoms with van der Waals surface area (Å²) in [5, 5.41) is 0.724. The fourth-order valence-electron chi connectivity index (χ4n) is 3.68. The normalized spacial score (nSPS) is 19.4. The smallest absolute Gasteiger partial charge is 0.266 e. The predicted octanol–water partition coefficient (Wildman–Crippen LogP) is 4.93. The third-order valence-corrected chi connectivity index (χ3v) is 6.27. The molecule has 2 fully saturated rings. The molecule has 2 aromatic rings. The molecule has 5 nitrogen and oxygen atoms in total. The van der Waals surface area contributed by atoms with Crippen LogP contribution < -0.4 is 4.90 Å². The Morgan fingerprint density at radius 1 is 1.07 bits per heavy atom. The molecule has 0 radical (unpaired) electrons. The zero-order chi connectivity index (χ0) is 20.8. The molecule has 30 heavy (non-hydrogen) atoms. The Morgan fingerprint density at radius 2 is 1.80 bits per heavy atom. The predicted molar refractivity (Wildman–Crippen MR) is 125 cm³/mol. The van der Waals surface area contributed by atoms with E-state index in [-0.39, 0.29) is 5.91 Å². The van der Waals surface area contributed by atoms with Crippen LogP contribution in [-0.2, 0) is 9.53 Å². The number of carbonyl (C=O) groups excluding carboxylic acids is 1. The van der Waals surface area contributed by atoms with Gasteiger partial charge in [0.2, 0.25) is 0 Å². The van der Waals surface area contributed by atoms with Crippen molar-refractivity contribution < 1.29 is 9.53 Å². The molecule has 0 aliphatic carbocycles. The van der Waals surface area contributed by atoms with Gasteiger partial charge in [-0.05, 0) is 66.9 Å². The second-order valence-corrected chi connectivity index (χ2v) is 8.44. The van der Waals surface area contributed by atoms with Crippen molar-refractivity contribution >= 4 is 40.3 Å². The van der Waals surface area contributed by atoms with E-state index in [9.17, 15) is 4.79 Å². The lowest BCUT2D eigenvalue weighted by atomic mass is 10.2. The fourth-order valence-corrected chi connectivity index (χ4v) is 4.70. The Morgan fingerprint density at radius 3 is 2.50 bits per heavy atom. The summed E-state index contributed by atoms with van der Waals surface area (Å²) in [4.78, 5) is 22.7. The number of ether oxygens (including phenoxy) is 1. The maximum Gasteiger partial charge on any atom is 0.266 e. The van der Waals surface area contributed by atoms with Crippen molar-refractivity contribution in [2.75, 3.05) is 38.3 Å². The zero-order valence-corrected chi connectivity index (χ0v) is 18.1. The summed E-state index contributed by atoms with van der Waals surface area (Å²) in [5.41, 5.74) is 3.14. The van der Waals surface area contributed by atoms with Gasteiger partial charge in [-0.2, -0.15) is 0 Å². The van der Waals surface area contributed by atoms with E-state index in [0.717, 1.165) is 35.9 Å². The van der Waals surface area contributed by atoms with Gasteiger partial charge in [0.1, 0.15) is 0 Å². The molecular weight excluding hydrogens is 394 g/mol. The molecule has 0 spiro atoms. The largest absolute Gasteiger partial charge is 0.385 e. The third-order valence-electron chi connectivity index (χ3n) is 5.26. The molecule has 0 aromatic heterocycles. The first-order valence-corrected chi connectivity index (χ1v) is 11.3. The molecule has 2 aromatic carbocycles. The number of thioether (sulfide) groups is 1. The van der Waals surface area contributed by atoms with Crippen LogP contribution in [0.15, 0.2) is 64.5 Å². The van der Waals surface area contributed by atoms with Gasteiger partial charge in [-0.1, -0.05) is 30.3 Å². The van der Waals surface area contributed by atoms with Crippen molar-refractivity contribution in [3.8, 4) is 0 Å².